The van der Waals surface area contributed by atoms with Gasteiger partial charge in [-0.2, -0.15) is 0 Å². The fourth-order valence-electron chi connectivity index (χ4n) is 0. The predicted molar refractivity (Wildman–Crippen MR) is 26.0 cm³/mol. The minimum atomic E-state index is -4.61. The van der Waals surface area contributed by atoms with Gasteiger partial charge in [-0.25, -0.2) is 0 Å². The molecule has 0 heterocycles. The predicted octanol–water partition coefficient (Wildman–Crippen LogP) is -4.06. The molecule has 0 bridgehead atoms. The van der Waals surface area contributed by atoms with Crippen molar-refractivity contribution in [3.63, 3.8) is 0 Å². The molecule has 7 heavy (non-hydrogen) atoms. The van der Waals surface area contributed by atoms with Gasteiger partial charge in [0, 0.05) is 32.7 Å². The monoisotopic (exact) mass is 263 g/mol. The minimum absolute atomic E-state index is 0. The Kier molecular flexibility index (Phi) is 13.2. The third kappa shape index (κ3) is 86.3. The summed E-state index contributed by atoms with van der Waals surface area (Å²) < 4.78 is 0. The average molecular weight is 262 g/mol. The fraction of sp³-hybridized carbons (Fsp3) is 0. The van der Waals surface area contributed by atoms with Crippen LogP contribution in [0.5, 0.6) is 0 Å². The fourth-order valence-corrected chi connectivity index (χ4v) is 0. The summed E-state index contributed by atoms with van der Waals surface area (Å²) in [7, 11) is -4.61. The van der Waals surface area contributed by atoms with E-state index in [9.17, 15) is 0 Å². The summed E-state index contributed by atoms with van der Waals surface area (Å²) in [5, 5.41) is 0. The van der Waals surface area contributed by atoms with Crippen LogP contribution in [0.25, 0.3) is 0 Å². The average Bonchev–Trinajstić information content (AvgIpc) is 0.722. The molecular formula is H8GeO4SiY. The topological polar surface area (TPSA) is 80.9 Å². The van der Waals surface area contributed by atoms with Gasteiger partial charge in [0.25, 0.3) is 0 Å². The smallest absolute Gasteiger partial charge is 0 e. The quantitative estimate of drug-likeness (QED) is 0.335. The molecule has 0 aromatic carbocycles. The number of hydrogen-bond acceptors (Lipinski definition) is 4. The third-order valence-corrected chi connectivity index (χ3v) is 0. The molecule has 0 rings (SSSR count). The van der Waals surface area contributed by atoms with Gasteiger partial charge in [-0.05, 0) is 0 Å². The molecule has 4 N–H and O–H groups in total. The van der Waals surface area contributed by atoms with Gasteiger partial charge >= 0.3 is 26.6 Å². The van der Waals surface area contributed by atoms with Crippen molar-refractivity contribution in [3.05, 3.63) is 0 Å². The van der Waals surface area contributed by atoms with Crippen molar-refractivity contribution in [2.75, 3.05) is 0 Å². The first kappa shape index (κ1) is 15.9. The van der Waals surface area contributed by atoms with Crippen molar-refractivity contribution in [1.29, 1.82) is 0 Å². The Bertz CT molecular complexity index is 27.2. The van der Waals surface area contributed by atoms with Gasteiger partial charge in [0.2, 0.25) is 0 Å². The standard InChI is InChI=1S/GeH4.H4O4Si.Y/c;1-5(2,3)4;/h1H4;1-4H;. The molecule has 0 aliphatic heterocycles. The van der Waals surface area contributed by atoms with Gasteiger partial charge in [-0.3, -0.25) is 0 Å². The Hall–Kier alpha value is 1.70. The summed E-state index contributed by atoms with van der Waals surface area (Å²) in [5.74, 6) is 0. The molecule has 7 heteroatoms. The first-order chi connectivity index (χ1) is 2.00. The van der Waals surface area contributed by atoms with E-state index in [2.05, 4.69) is 0 Å². The van der Waals surface area contributed by atoms with Crippen LogP contribution in [0.3, 0.4) is 0 Å². The van der Waals surface area contributed by atoms with Crippen LogP contribution in [0.4, 0.5) is 0 Å². The van der Waals surface area contributed by atoms with E-state index in [0.717, 1.165) is 0 Å². The molecule has 0 atom stereocenters. The van der Waals surface area contributed by atoms with Crippen molar-refractivity contribution in [2.24, 2.45) is 0 Å². The Morgan fingerprint density at radius 2 is 0.857 bits per heavy atom. The van der Waals surface area contributed by atoms with Crippen LogP contribution >= 0.6 is 0 Å². The molecule has 0 aromatic rings. The van der Waals surface area contributed by atoms with Crippen LogP contribution < -0.4 is 0 Å². The van der Waals surface area contributed by atoms with Crippen molar-refractivity contribution in [2.45, 2.75) is 0 Å². The Morgan fingerprint density at radius 1 is 0.857 bits per heavy atom. The van der Waals surface area contributed by atoms with E-state index in [4.69, 9.17) is 19.2 Å². The summed E-state index contributed by atoms with van der Waals surface area (Å²) in [4.78, 5) is 29.3. The van der Waals surface area contributed by atoms with Crippen molar-refractivity contribution in [3.8, 4) is 0 Å². The Labute approximate surface area is 77.9 Å². The molecule has 1 radical (unpaired) electrons. The first-order valence-electron chi connectivity index (χ1n) is 0.894. The Balaban J connectivity index is -0.0000000800. The zero-order valence-electron chi connectivity index (χ0n) is 2.87. The molecule has 0 fully saturated rings. The van der Waals surface area contributed by atoms with E-state index in [1.54, 1.807) is 0 Å². The van der Waals surface area contributed by atoms with Gasteiger partial charge in [0.05, 0.1) is 0 Å². The van der Waals surface area contributed by atoms with Gasteiger partial charge in [-0.15, -0.1) is 0 Å². The molecule has 0 unspecified atom stereocenters. The second kappa shape index (κ2) is 5.83. The first-order valence-corrected chi connectivity index (χ1v) is 2.68. The summed E-state index contributed by atoms with van der Waals surface area (Å²) in [6.07, 6.45) is 0. The van der Waals surface area contributed by atoms with Gasteiger partial charge in [0.15, 0.2) is 0 Å². The zero-order chi connectivity index (χ0) is 4.50. The third-order valence-electron chi connectivity index (χ3n) is 0. The maximum atomic E-state index is 7.33. The largest absolute Gasteiger partial charge is 0 e. The molecular weight excluding hydrogens is 254 g/mol. The molecule has 43 valence electrons. The molecule has 0 aliphatic rings. The molecule has 0 aromatic heterocycles. The van der Waals surface area contributed by atoms with Crippen LogP contribution in [0.1, 0.15) is 0 Å². The summed E-state index contributed by atoms with van der Waals surface area (Å²) in [6, 6.07) is 0. The maximum Gasteiger partial charge on any atom is 0 e. The molecule has 0 saturated carbocycles. The number of rotatable bonds is 0. The summed E-state index contributed by atoms with van der Waals surface area (Å²) in [6.45, 7) is 0. The SMILES string of the molecule is O[Si](O)(O)O.[GeH4].[Y]. The second-order valence-corrected chi connectivity index (χ2v) is 1.80. The van der Waals surface area contributed by atoms with Crippen LogP contribution in [-0.4, -0.2) is 45.8 Å². The minimum Gasteiger partial charge on any atom is 0 e. The van der Waals surface area contributed by atoms with E-state index < -0.39 is 9.05 Å². The van der Waals surface area contributed by atoms with Gasteiger partial charge < -0.3 is 19.2 Å². The summed E-state index contributed by atoms with van der Waals surface area (Å²) >= 11 is 0. The van der Waals surface area contributed by atoms with Crippen LogP contribution in [-0.2, 0) is 32.7 Å². The van der Waals surface area contributed by atoms with Gasteiger partial charge in [-0.1, -0.05) is 0 Å². The normalized spacial score (nSPS) is 8.57. The maximum absolute atomic E-state index is 7.33. The van der Waals surface area contributed by atoms with Gasteiger partial charge in [0.1, 0.15) is 0 Å². The molecule has 0 amide bonds. The number of hydrogen-bond donors (Lipinski definition) is 4. The van der Waals surface area contributed by atoms with E-state index in [1.807, 2.05) is 0 Å². The van der Waals surface area contributed by atoms with E-state index in [1.165, 1.54) is 0 Å². The van der Waals surface area contributed by atoms with Crippen molar-refractivity contribution in [1.82, 2.24) is 0 Å². The van der Waals surface area contributed by atoms with E-state index in [0.29, 0.717) is 0 Å². The van der Waals surface area contributed by atoms with Crippen LogP contribution in [0.2, 0.25) is 0 Å². The van der Waals surface area contributed by atoms with Crippen molar-refractivity contribution >= 4 is 26.6 Å². The zero-order valence-corrected chi connectivity index (χ0v) is 6.70. The van der Waals surface area contributed by atoms with E-state index >= 15 is 0 Å². The Morgan fingerprint density at radius 3 is 0.857 bits per heavy atom. The summed E-state index contributed by atoms with van der Waals surface area (Å²) in [5.41, 5.74) is 0. The molecule has 0 aliphatic carbocycles. The van der Waals surface area contributed by atoms with Crippen molar-refractivity contribution < 1.29 is 51.9 Å². The molecule has 0 saturated heterocycles. The van der Waals surface area contributed by atoms with Crippen LogP contribution in [0.15, 0.2) is 0 Å². The van der Waals surface area contributed by atoms with E-state index in [-0.39, 0.29) is 50.3 Å². The second-order valence-electron chi connectivity index (χ2n) is 0.600. The van der Waals surface area contributed by atoms with Crippen LogP contribution in [0, 0.1) is 0 Å². The molecule has 0 spiro atoms. The molecule has 4 nitrogen and oxygen atoms in total.